The van der Waals surface area contributed by atoms with Crippen molar-refractivity contribution in [3.8, 4) is 0 Å². The van der Waals surface area contributed by atoms with Crippen molar-refractivity contribution in [1.82, 2.24) is 0 Å². The summed E-state index contributed by atoms with van der Waals surface area (Å²) in [6.45, 7) is 0. The Bertz CT molecular complexity index is 220. The van der Waals surface area contributed by atoms with Gasteiger partial charge in [-0.2, -0.15) is 0 Å². The molecule has 0 aromatic rings. The van der Waals surface area contributed by atoms with Gasteiger partial charge in [0.15, 0.2) is 22.1 Å². The van der Waals surface area contributed by atoms with Crippen LogP contribution in [0.5, 0.6) is 0 Å². The molecule has 1 saturated heterocycles. The van der Waals surface area contributed by atoms with Crippen LogP contribution in [0.1, 0.15) is 0 Å². The van der Waals surface area contributed by atoms with Crippen molar-refractivity contribution in [3.05, 3.63) is 0 Å². The third-order valence-corrected chi connectivity index (χ3v) is 1.48. The summed E-state index contributed by atoms with van der Waals surface area (Å²) in [7, 11) is -4.64. The van der Waals surface area contributed by atoms with Gasteiger partial charge in [-0.15, -0.1) is 0 Å². The van der Waals surface area contributed by atoms with Gasteiger partial charge < -0.3 is 23.0 Å². The number of carbonyl (C=O) groups excluding carboxylic acids is 2. The van der Waals surface area contributed by atoms with Crippen molar-refractivity contribution >= 4 is 41.9 Å². The molecule has 1 fully saturated rings. The van der Waals surface area contributed by atoms with Gasteiger partial charge in [-0.1, -0.05) is 0 Å². The predicted octanol–water partition coefficient (Wildman–Crippen LogP) is -0.631. The monoisotopic (exact) mass is 250 g/mol. The fourth-order valence-electron chi connectivity index (χ4n) is 0.158. The molecule has 11 heteroatoms. The van der Waals surface area contributed by atoms with E-state index in [2.05, 4.69) is 8.37 Å². The van der Waals surface area contributed by atoms with Crippen LogP contribution in [-0.4, -0.2) is 26.6 Å². The Labute approximate surface area is 79.7 Å². The summed E-state index contributed by atoms with van der Waals surface area (Å²) < 4.78 is 17.2. The quantitative estimate of drug-likeness (QED) is 0.221. The molecule has 0 radical (unpaired) electrons. The summed E-state index contributed by atoms with van der Waals surface area (Å²) >= 11 is 1.46. The average molecular weight is 250 g/mol. The Morgan fingerprint density at radius 1 is 1.00 bits per heavy atom. The van der Waals surface area contributed by atoms with Gasteiger partial charge in [-0.05, 0) is 0 Å². The Hall–Kier alpha value is -0.250. The fraction of sp³-hybridized carbons (Fsp3) is 0. The summed E-state index contributed by atoms with van der Waals surface area (Å²) in [5.41, 5.74) is 0. The highest BCUT2D eigenvalue weighted by molar-refractivity contribution is 8.73. The molecule has 0 atom stereocenters. The van der Waals surface area contributed by atoms with E-state index in [0.29, 0.717) is 0 Å². The first-order valence-corrected chi connectivity index (χ1v) is 5.91. The largest absolute Gasteiger partial charge is 0.466 e. The molecular weight excluding hydrogens is 247 g/mol. The van der Waals surface area contributed by atoms with E-state index < -0.39 is 19.8 Å². The number of phosphoric acid groups is 1. The molecule has 0 spiro atoms. The Kier molecular flexibility index (Phi) is 5.37. The lowest BCUT2D eigenvalue weighted by molar-refractivity contribution is -0.155. The Morgan fingerprint density at radius 2 is 1.23 bits per heavy atom. The molecule has 0 amide bonds. The highest BCUT2D eigenvalue weighted by atomic mass is 33.1. The summed E-state index contributed by atoms with van der Waals surface area (Å²) in [5, 5.41) is 0. The van der Waals surface area contributed by atoms with Crippen molar-refractivity contribution in [2.75, 3.05) is 0 Å². The minimum absolute atomic E-state index is 0.731. The van der Waals surface area contributed by atoms with Crippen molar-refractivity contribution in [3.63, 3.8) is 0 Å². The van der Waals surface area contributed by atoms with Gasteiger partial charge in [0.1, 0.15) is 0 Å². The van der Waals surface area contributed by atoms with E-state index in [1.165, 1.54) is 0 Å². The fourth-order valence-corrected chi connectivity index (χ4v) is 1.01. The summed E-state index contributed by atoms with van der Waals surface area (Å²) in [6, 6.07) is 0. The molecule has 8 nitrogen and oxygen atoms in total. The van der Waals surface area contributed by atoms with Crippen molar-refractivity contribution in [2.24, 2.45) is 0 Å². The molecule has 1 heterocycles. The van der Waals surface area contributed by atoms with Gasteiger partial charge in [-0.3, -0.25) is 0 Å². The van der Waals surface area contributed by atoms with Gasteiger partial charge in [-0.25, -0.2) is 14.2 Å². The van der Waals surface area contributed by atoms with Gasteiger partial charge in [0.2, 0.25) is 0 Å². The molecular formula is C2H3O8PS2. The van der Waals surface area contributed by atoms with E-state index in [9.17, 15) is 9.59 Å². The predicted molar refractivity (Wildman–Crippen MR) is 41.6 cm³/mol. The maximum atomic E-state index is 10.1. The molecule has 76 valence electrons. The number of carbonyl (C=O) groups is 2. The number of rotatable bonds is 0. The second-order valence-electron chi connectivity index (χ2n) is 1.39. The first-order chi connectivity index (χ1) is 5.80. The average Bonchev–Trinajstić information content (AvgIpc) is 1.92. The first-order valence-electron chi connectivity index (χ1n) is 2.35. The van der Waals surface area contributed by atoms with Gasteiger partial charge >= 0.3 is 19.8 Å². The molecule has 0 aromatic heterocycles. The number of hydrogen-bond donors (Lipinski definition) is 3. The molecule has 1 rings (SSSR count). The minimum atomic E-state index is -4.64. The van der Waals surface area contributed by atoms with Crippen LogP contribution < -0.4 is 0 Å². The molecule has 3 N–H and O–H groups in total. The maximum absolute atomic E-state index is 10.1. The Balaban J connectivity index is 0.000000252. The van der Waals surface area contributed by atoms with Gasteiger partial charge in [0, 0.05) is 0 Å². The molecule has 0 aromatic carbocycles. The van der Waals surface area contributed by atoms with Crippen LogP contribution in [0, 0.1) is 0 Å². The summed E-state index contributed by atoms with van der Waals surface area (Å²) in [5.74, 6) is -1.90. The molecule has 1 aliphatic rings. The van der Waals surface area contributed by atoms with Crippen molar-refractivity contribution < 1.29 is 37.2 Å². The molecule has 0 aliphatic carbocycles. The van der Waals surface area contributed by atoms with E-state index >= 15 is 0 Å². The van der Waals surface area contributed by atoms with E-state index in [0.717, 1.165) is 22.1 Å². The molecule has 0 unspecified atom stereocenters. The zero-order valence-electron chi connectivity index (χ0n) is 5.65. The smallest absolute Gasteiger partial charge is 0.368 e. The zero-order chi connectivity index (χ0) is 10.5. The van der Waals surface area contributed by atoms with Crippen LogP contribution in [0.25, 0.3) is 0 Å². The lowest BCUT2D eigenvalue weighted by atomic mass is 10.7. The summed E-state index contributed by atoms with van der Waals surface area (Å²) in [6.07, 6.45) is 0. The van der Waals surface area contributed by atoms with E-state index in [4.69, 9.17) is 19.2 Å². The first kappa shape index (κ1) is 12.8. The van der Waals surface area contributed by atoms with Crippen LogP contribution in [0.15, 0.2) is 0 Å². The third kappa shape index (κ3) is 9.67. The summed E-state index contributed by atoms with van der Waals surface area (Å²) in [4.78, 5) is 41.7. The second kappa shape index (κ2) is 5.47. The van der Waals surface area contributed by atoms with E-state index in [1.54, 1.807) is 0 Å². The van der Waals surface area contributed by atoms with E-state index in [1.807, 2.05) is 0 Å². The second-order valence-corrected chi connectivity index (χ2v) is 3.84. The zero-order valence-corrected chi connectivity index (χ0v) is 8.17. The van der Waals surface area contributed by atoms with Crippen molar-refractivity contribution in [1.29, 1.82) is 0 Å². The van der Waals surface area contributed by atoms with Crippen LogP contribution in [0.4, 0.5) is 0 Å². The van der Waals surface area contributed by atoms with Gasteiger partial charge in [0.05, 0.1) is 0 Å². The van der Waals surface area contributed by atoms with Crippen LogP contribution in [0.2, 0.25) is 0 Å². The maximum Gasteiger partial charge on any atom is 0.466 e. The normalized spacial score (nSPS) is 16.5. The SMILES string of the molecule is O=C1OSSOC1=O.O=P(O)(O)O. The lowest BCUT2D eigenvalue weighted by Gasteiger charge is -2.03. The lowest BCUT2D eigenvalue weighted by Crippen LogP contribution is -2.17. The van der Waals surface area contributed by atoms with Crippen LogP contribution in [-0.2, 0) is 22.5 Å². The number of hydrogen-bond acceptors (Lipinski definition) is 7. The van der Waals surface area contributed by atoms with Crippen molar-refractivity contribution in [2.45, 2.75) is 0 Å². The standard InChI is InChI=1S/C2O4S2.H3O4P/c3-1-2(4)6-8-7-5-1;1-5(2,3)4/h;(H3,1,2,3,4). The van der Waals surface area contributed by atoms with E-state index in [-0.39, 0.29) is 0 Å². The highest BCUT2D eigenvalue weighted by Gasteiger charge is 2.24. The molecule has 13 heavy (non-hydrogen) atoms. The minimum Gasteiger partial charge on any atom is -0.368 e. The Morgan fingerprint density at radius 3 is 1.38 bits per heavy atom. The van der Waals surface area contributed by atoms with Crippen LogP contribution >= 0.6 is 30.0 Å². The third-order valence-electron chi connectivity index (χ3n) is 0.414. The molecule has 0 saturated carbocycles. The molecule has 1 aliphatic heterocycles. The topological polar surface area (TPSA) is 130 Å². The van der Waals surface area contributed by atoms with Gasteiger partial charge in [0.25, 0.3) is 0 Å². The highest BCUT2D eigenvalue weighted by Crippen LogP contribution is 2.28. The van der Waals surface area contributed by atoms with Crippen LogP contribution in [0.3, 0.4) is 0 Å². The molecule has 0 bridgehead atoms.